The van der Waals surface area contributed by atoms with Crippen molar-refractivity contribution in [2.24, 2.45) is 0 Å². The molecular weight excluding hydrogens is 292 g/mol. The maximum atomic E-state index is 12.7. The molecule has 23 heavy (non-hydrogen) atoms. The minimum atomic E-state index is -0.828. The van der Waals surface area contributed by atoms with Gasteiger partial charge in [0.05, 0.1) is 0 Å². The number of carbonyl (C=O) groups excluding carboxylic acids is 2. The molecule has 2 rings (SSSR count). The van der Waals surface area contributed by atoms with Gasteiger partial charge in [0.15, 0.2) is 0 Å². The highest BCUT2D eigenvalue weighted by Crippen LogP contribution is 2.36. The van der Waals surface area contributed by atoms with E-state index in [9.17, 15) is 9.59 Å². The van der Waals surface area contributed by atoms with E-state index in [-0.39, 0.29) is 11.8 Å². The standard InChI is InChI=1S/C18H26N2O3/c1-13-6-7-15(12-14(13)2)20-16(21)8-9-18(20,3)17(22)19-10-5-11-23-4/h6-7,12H,5,8-11H2,1-4H3,(H,19,22). The van der Waals surface area contributed by atoms with Gasteiger partial charge in [-0.15, -0.1) is 0 Å². The minimum Gasteiger partial charge on any atom is -0.385 e. The van der Waals surface area contributed by atoms with Gasteiger partial charge in [-0.05, 0) is 56.9 Å². The second-order valence-electron chi connectivity index (χ2n) is 6.37. The van der Waals surface area contributed by atoms with E-state index in [1.807, 2.05) is 39.0 Å². The maximum Gasteiger partial charge on any atom is 0.246 e. The Morgan fingerprint density at radius 2 is 2.09 bits per heavy atom. The van der Waals surface area contributed by atoms with Crippen molar-refractivity contribution in [3.8, 4) is 0 Å². The molecular formula is C18H26N2O3. The molecule has 1 aromatic rings. The third-order valence-corrected chi connectivity index (χ3v) is 4.62. The summed E-state index contributed by atoms with van der Waals surface area (Å²) in [6, 6.07) is 5.89. The Morgan fingerprint density at radius 3 is 2.74 bits per heavy atom. The van der Waals surface area contributed by atoms with Crippen LogP contribution in [0.5, 0.6) is 0 Å². The molecule has 1 aromatic carbocycles. The molecule has 1 aliphatic heterocycles. The first kappa shape index (κ1) is 17.5. The first-order chi connectivity index (χ1) is 10.9. The Hall–Kier alpha value is -1.88. The van der Waals surface area contributed by atoms with Gasteiger partial charge >= 0.3 is 0 Å². The number of nitrogens with one attached hydrogen (secondary N) is 1. The van der Waals surface area contributed by atoms with Gasteiger partial charge in [0, 0.05) is 32.4 Å². The predicted molar refractivity (Wildman–Crippen MR) is 90.5 cm³/mol. The highest BCUT2D eigenvalue weighted by Gasteiger charge is 2.47. The Kier molecular flexibility index (Phi) is 5.42. The number of aryl methyl sites for hydroxylation is 2. The van der Waals surface area contributed by atoms with Crippen molar-refractivity contribution in [2.45, 2.75) is 45.6 Å². The number of anilines is 1. The zero-order valence-electron chi connectivity index (χ0n) is 14.4. The Balaban J connectivity index is 2.20. The van der Waals surface area contributed by atoms with Crippen LogP contribution in [0.25, 0.3) is 0 Å². The summed E-state index contributed by atoms with van der Waals surface area (Å²) in [5.74, 6) is -0.0968. The number of ether oxygens (including phenoxy) is 1. The molecule has 1 atom stereocenters. The van der Waals surface area contributed by atoms with E-state index in [2.05, 4.69) is 5.32 Å². The van der Waals surface area contributed by atoms with Crippen LogP contribution in [0.1, 0.15) is 37.3 Å². The number of amides is 2. The molecule has 0 saturated carbocycles. The first-order valence-corrected chi connectivity index (χ1v) is 8.07. The fourth-order valence-corrected chi connectivity index (χ4v) is 2.97. The van der Waals surface area contributed by atoms with E-state index < -0.39 is 5.54 Å². The highest BCUT2D eigenvalue weighted by molar-refractivity contribution is 6.06. The molecule has 0 radical (unpaired) electrons. The summed E-state index contributed by atoms with van der Waals surface area (Å²) in [6.07, 6.45) is 1.69. The van der Waals surface area contributed by atoms with Crippen molar-refractivity contribution in [3.05, 3.63) is 29.3 Å². The fraction of sp³-hybridized carbons (Fsp3) is 0.556. The molecule has 5 heteroatoms. The van der Waals surface area contributed by atoms with Gasteiger partial charge in [-0.1, -0.05) is 6.07 Å². The molecule has 0 aromatic heterocycles. The second kappa shape index (κ2) is 7.13. The van der Waals surface area contributed by atoms with Crippen molar-refractivity contribution < 1.29 is 14.3 Å². The molecule has 5 nitrogen and oxygen atoms in total. The number of benzene rings is 1. The van der Waals surface area contributed by atoms with Crippen molar-refractivity contribution in [2.75, 3.05) is 25.2 Å². The smallest absolute Gasteiger partial charge is 0.246 e. The van der Waals surface area contributed by atoms with Gasteiger partial charge in [-0.2, -0.15) is 0 Å². The summed E-state index contributed by atoms with van der Waals surface area (Å²) >= 11 is 0. The zero-order valence-corrected chi connectivity index (χ0v) is 14.4. The summed E-state index contributed by atoms with van der Waals surface area (Å²) in [7, 11) is 1.64. The molecule has 2 amide bonds. The quantitative estimate of drug-likeness (QED) is 0.819. The van der Waals surface area contributed by atoms with Crippen LogP contribution in [0.15, 0.2) is 18.2 Å². The average molecular weight is 318 g/mol. The molecule has 1 fully saturated rings. The van der Waals surface area contributed by atoms with Gasteiger partial charge in [0.1, 0.15) is 5.54 Å². The topological polar surface area (TPSA) is 58.6 Å². The third kappa shape index (κ3) is 3.55. The van der Waals surface area contributed by atoms with Crippen molar-refractivity contribution >= 4 is 17.5 Å². The van der Waals surface area contributed by atoms with Gasteiger partial charge in [-0.3, -0.25) is 14.5 Å². The number of hydrogen-bond acceptors (Lipinski definition) is 3. The lowest BCUT2D eigenvalue weighted by molar-refractivity contribution is -0.127. The van der Waals surface area contributed by atoms with Crippen molar-refractivity contribution in [3.63, 3.8) is 0 Å². The molecule has 1 aliphatic rings. The lowest BCUT2D eigenvalue weighted by Gasteiger charge is -2.34. The van der Waals surface area contributed by atoms with E-state index >= 15 is 0 Å². The number of methoxy groups -OCH3 is 1. The summed E-state index contributed by atoms with van der Waals surface area (Å²) in [6.45, 7) is 7.06. The van der Waals surface area contributed by atoms with E-state index in [0.29, 0.717) is 26.0 Å². The van der Waals surface area contributed by atoms with Crippen molar-refractivity contribution in [1.29, 1.82) is 0 Å². The highest BCUT2D eigenvalue weighted by atomic mass is 16.5. The predicted octanol–water partition coefficient (Wildman–Crippen LogP) is 2.34. The fourth-order valence-electron chi connectivity index (χ4n) is 2.97. The summed E-state index contributed by atoms with van der Waals surface area (Å²) in [5.41, 5.74) is 2.26. The molecule has 1 N–H and O–H groups in total. The van der Waals surface area contributed by atoms with Crippen LogP contribution in [0.4, 0.5) is 5.69 Å². The lowest BCUT2D eigenvalue weighted by atomic mass is 9.96. The largest absolute Gasteiger partial charge is 0.385 e. The van der Waals surface area contributed by atoms with E-state index in [4.69, 9.17) is 4.74 Å². The molecule has 0 spiro atoms. The van der Waals surface area contributed by atoms with Crippen LogP contribution in [-0.2, 0) is 14.3 Å². The van der Waals surface area contributed by atoms with Gasteiger partial charge in [-0.25, -0.2) is 0 Å². The Bertz CT molecular complexity index is 600. The van der Waals surface area contributed by atoms with Gasteiger partial charge in [0.2, 0.25) is 11.8 Å². The minimum absolute atomic E-state index is 0.00259. The summed E-state index contributed by atoms with van der Waals surface area (Å²) in [5, 5.41) is 2.93. The van der Waals surface area contributed by atoms with Crippen LogP contribution in [0.2, 0.25) is 0 Å². The molecule has 1 unspecified atom stereocenters. The molecule has 1 saturated heterocycles. The summed E-state index contributed by atoms with van der Waals surface area (Å²) < 4.78 is 4.99. The first-order valence-electron chi connectivity index (χ1n) is 8.07. The summed E-state index contributed by atoms with van der Waals surface area (Å²) in [4.78, 5) is 26.7. The van der Waals surface area contributed by atoms with Crippen LogP contribution in [-0.4, -0.2) is 37.6 Å². The molecule has 1 heterocycles. The van der Waals surface area contributed by atoms with Crippen LogP contribution in [0.3, 0.4) is 0 Å². The SMILES string of the molecule is COCCCNC(=O)C1(C)CCC(=O)N1c1ccc(C)c(C)c1. The van der Waals surface area contributed by atoms with Crippen molar-refractivity contribution in [1.82, 2.24) is 5.32 Å². The number of carbonyl (C=O) groups is 2. The second-order valence-corrected chi connectivity index (χ2v) is 6.37. The Morgan fingerprint density at radius 1 is 1.35 bits per heavy atom. The average Bonchev–Trinajstić information content (AvgIpc) is 2.83. The van der Waals surface area contributed by atoms with Gasteiger partial charge < -0.3 is 10.1 Å². The zero-order chi connectivity index (χ0) is 17.0. The maximum absolute atomic E-state index is 12.7. The number of nitrogens with zero attached hydrogens (tertiary/aromatic N) is 1. The molecule has 0 aliphatic carbocycles. The normalized spacial score (nSPS) is 20.9. The van der Waals surface area contributed by atoms with E-state index in [1.54, 1.807) is 12.0 Å². The van der Waals surface area contributed by atoms with E-state index in [0.717, 1.165) is 17.7 Å². The number of hydrogen-bond donors (Lipinski definition) is 1. The van der Waals surface area contributed by atoms with Crippen LogP contribution >= 0.6 is 0 Å². The molecule has 126 valence electrons. The Labute approximate surface area is 138 Å². The van der Waals surface area contributed by atoms with Crippen LogP contribution < -0.4 is 10.2 Å². The van der Waals surface area contributed by atoms with Gasteiger partial charge in [0.25, 0.3) is 0 Å². The van der Waals surface area contributed by atoms with E-state index in [1.165, 1.54) is 5.56 Å². The van der Waals surface area contributed by atoms with Crippen LogP contribution in [0, 0.1) is 13.8 Å². The number of rotatable bonds is 6. The third-order valence-electron chi connectivity index (χ3n) is 4.62. The monoisotopic (exact) mass is 318 g/mol. The molecule has 0 bridgehead atoms. The lowest BCUT2D eigenvalue weighted by Crippen LogP contribution is -2.55.